The van der Waals surface area contributed by atoms with E-state index in [1.54, 1.807) is 0 Å². The molecule has 0 saturated carbocycles. The van der Waals surface area contributed by atoms with Gasteiger partial charge in [-0.25, -0.2) is 4.79 Å². The predicted molar refractivity (Wildman–Crippen MR) is 99.5 cm³/mol. The van der Waals surface area contributed by atoms with Crippen LogP contribution in [0.3, 0.4) is 0 Å². The minimum absolute atomic E-state index is 0. The van der Waals surface area contributed by atoms with E-state index < -0.39 is 0 Å². The van der Waals surface area contributed by atoms with Crippen LogP contribution in [0.15, 0.2) is 12.7 Å². The Kier molecular flexibility index (Phi) is 18.8. The van der Waals surface area contributed by atoms with Crippen LogP contribution in [0.25, 0.3) is 0 Å². The minimum Gasteiger partial charge on any atom is -1.00 e. The Bertz CT molecular complexity index is 306. The summed E-state index contributed by atoms with van der Waals surface area (Å²) in [6.45, 7) is 8.19. The lowest BCUT2D eigenvalue weighted by molar-refractivity contribution is -0.890. The molecule has 3 nitrogen and oxygen atoms in total. The number of carbonyl (C=O) groups excluding carboxylic acids is 1. The van der Waals surface area contributed by atoms with Crippen molar-refractivity contribution in [3.8, 4) is 0 Å². The van der Waals surface area contributed by atoms with Crippen LogP contribution in [-0.2, 0) is 9.53 Å². The maximum atomic E-state index is 11.0. The Balaban J connectivity index is 0. The standard InChI is InChI=1S/C20H40NO2.BrH/c1-5-7-8-9-10-11-12-13-14-15-16-17-21(3,4)18-19-23-20(22)6-2;/h6H,2,5,7-19H2,1,3-4H3;1H/q+1;/p-1. The first-order chi connectivity index (χ1) is 11.0. The fourth-order valence-corrected chi connectivity index (χ4v) is 2.77. The average molecular weight is 406 g/mol. The second-order valence-corrected chi connectivity index (χ2v) is 7.29. The number of quaternary nitrogens is 1. The van der Waals surface area contributed by atoms with Gasteiger partial charge in [0.2, 0.25) is 0 Å². The lowest BCUT2D eigenvalue weighted by atomic mass is 10.1. The number of hydrogen-bond acceptors (Lipinski definition) is 2. The highest BCUT2D eigenvalue weighted by Gasteiger charge is 2.14. The van der Waals surface area contributed by atoms with Gasteiger partial charge in [-0.3, -0.25) is 0 Å². The summed E-state index contributed by atoms with van der Waals surface area (Å²) in [4.78, 5) is 11.0. The van der Waals surface area contributed by atoms with Gasteiger partial charge in [-0.05, 0) is 12.8 Å². The minimum atomic E-state index is -0.320. The Hall–Kier alpha value is -0.350. The third kappa shape index (κ3) is 18.0. The number of unbranched alkanes of at least 4 members (excludes halogenated alkanes) is 10. The first kappa shape index (κ1) is 25.9. The molecule has 0 aliphatic heterocycles. The summed E-state index contributed by atoms with van der Waals surface area (Å²) in [5, 5.41) is 0. The van der Waals surface area contributed by atoms with Crippen LogP contribution in [0.1, 0.15) is 77.6 Å². The van der Waals surface area contributed by atoms with E-state index in [1.807, 2.05) is 0 Å². The van der Waals surface area contributed by atoms with Gasteiger partial charge >= 0.3 is 5.97 Å². The van der Waals surface area contributed by atoms with Gasteiger partial charge < -0.3 is 26.2 Å². The summed E-state index contributed by atoms with van der Waals surface area (Å²) in [5.41, 5.74) is 0. The number of ether oxygens (including phenoxy) is 1. The van der Waals surface area contributed by atoms with Crippen LogP contribution < -0.4 is 17.0 Å². The number of hydrogen-bond donors (Lipinski definition) is 0. The molecule has 0 bridgehead atoms. The van der Waals surface area contributed by atoms with Crippen LogP contribution in [-0.4, -0.2) is 44.2 Å². The molecule has 0 N–H and O–H groups in total. The smallest absolute Gasteiger partial charge is 0.330 e. The van der Waals surface area contributed by atoms with Gasteiger partial charge in [0.15, 0.2) is 0 Å². The number of halogens is 1. The molecule has 0 aromatic carbocycles. The van der Waals surface area contributed by atoms with Crippen molar-refractivity contribution in [1.29, 1.82) is 0 Å². The first-order valence-corrected chi connectivity index (χ1v) is 9.63. The molecule has 0 atom stereocenters. The van der Waals surface area contributed by atoms with Gasteiger partial charge in [0.05, 0.1) is 20.6 Å². The maximum absolute atomic E-state index is 11.0. The highest BCUT2D eigenvalue weighted by molar-refractivity contribution is 5.81. The lowest BCUT2D eigenvalue weighted by Crippen LogP contribution is -3.00. The normalized spacial score (nSPS) is 11.0. The Labute approximate surface area is 161 Å². The summed E-state index contributed by atoms with van der Waals surface area (Å²) < 4.78 is 5.98. The van der Waals surface area contributed by atoms with Crippen molar-refractivity contribution >= 4 is 5.97 Å². The maximum Gasteiger partial charge on any atom is 0.330 e. The third-order valence-corrected chi connectivity index (χ3v) is 4.47. The van der Waals surface area contributed by atoms with Crippen molar-refractivity contribution in [2.75, 3.05) is 33.8 Å². The van der Waals surface area contributed by atoms with Crippen molar-refractivity contribution < 1.29 is 31.0 Å². The molecule has 0 fully saturated rings. The summed E-state index contributed by atoms with van der Waals surface area (Å²) >= 11 is 0. The molecule has 0 heterocycles. The molecule has 0 spiro atoms. The van der Waals surface area contributed by atoms with Gasteiger partial charge in [-0.1, -0.05) is 71.3 Å². The van der Waals surface area contributed by atoms with Gasteiger partial charge in [-0.2, -0.15) is 0 Å². The molecule has 0 unspecified atom stereocenters. The van der Waals surface area contributed by atoms with Gasteiger partial charge in [-0.15, -0.1) is 0 Å². The summed E-state index contributed by atoms with van der Waals surface area (Å²) in [7, 11) is 4.41. The van der Waals surface area contributed by atoms with E-state index in [-0.39, 0.29) is 23.0 Å². The number of carbonyl (C=O) groups is 1. The van der Waals surface area contributed by atoms with E-state index in [2.05, 4.69) is 27.6 Å². The Morgan fingerprint density at radius 1 is 0.875 bits per heavy atom. The van der Waals surface area contributed by atoms with Gasteiger partial charge in [0.1, 0.15) is 13.2 Å². The highest BCUT2D eigenvalue weighted by Crippen LogP contribution is 2.12. The molecule has 4 heteroatoms. The molecular formula is C20H40BrNO2. The fourth-order valence-electron chi connectivity index (χ4n) is 2.77. The first-order valence-electron chi connectivity index (χ1n) is 9.63. The molecule has 0 aliphatic rings. The zero-order valence-corrected chi connectivity index (χ0v) is 17.9. The molecule has 0 aromatic heterocycles. The third-order valence-electron chi connectivity index (χ3n) is 4.47. The van der Waals surface area contributed by atoms with Crippen molar-refractivity contribution in [2.45, 2.75) is 77.6 Å². The number of esters is 1. The second-order valence-electron chi connectivity index (χ2n) is 7.29. The SMILES string of the molecule is C=CC(=O)OCC[N+](C)(C)CCCCCCCCCCCCC.[Br-]. The van der Waals surface area contributed by atoms with Crippen LogP contribution in [0, 0.1) is 0 Å². The molecule has 0 saturated heterocycles. The lowest BCUT2D eigenvalue weighted by Gasteiger charge is -2.29. The van der Waals surface area contributed by atoms with E-state index in [0.717, 1.165) is 17.6 Å². The second kappa shape index (κ2) is 17.5. The van der Waals surface area contributed by atoms with Gasteiger partial charge in [0.25, 0.3) is 0 Å². The average Bonchev–Trinajstić information content (AvgIpc) is 2.52. The molecule has 144 valence electrons. The zero-order chi connectivity index (χ0) is 17.4. The largest absolute Gasteiger partial charge is 1.00 e. The molecule has 24 heavy (non-hydrogen) atoms. The fraction of sp³-hybridized carbons (Fsp3) is 0.850. The van der Waals surface area contributed by atoms with Crippen LogP contribution in [0.2, 0.25) is 0 Å². The monoisotopic (exact) mass is 405 g/mol. The van der Waals surface area contributed by atoms with E-state index in [0.29, 0.717) is 6.61 Å². The Morgan fingerprint density at radius 3 is 1.79 bits per heavy atom. The van der Waals surface area contributed by atoms with Crippen molar-refractivity contribution in [3.63, 3.8) is 0 Å². The predicted octanol–water partition coefficient (Wildman–Crippen LogP) is 2.11. The van der Waals surface area contributed by atoms with E-state index >= 15 is 0 Å². The van der Waals surface area contributed by atoms with Crippen molar-refractivity contribution in [1.82, 2.24) is 0 Å². The van der Waals surface area contributed by atoms with Gasteiger partial charge in [0, 0.05) is 6.08 Å². The quantitative estimate of drug-likeness (QED) is 0.170. The van der Waals surface area contributed by atoms with Crippen LogP contribution in [0.5, 0.6) is 0 Å². The molecule has 0 aliphatic carbocycles. The van der Waals surface area contributed by atoms with E-state index in [9.17, 15) is 4.79 Å². The zero-order valence-electron chi connectivity index (χ0n) is 16.3. The summed E-state index contributed by atoms with van der Waals surface area (Å²) in [5.74, 6) is -0.320. The topological polar surface area (TPSA) is 26.3 Å². The number of likely N-dealkylation sites (N-methyl/N-ethyl adjacent to an activating group) is 1. The molecule has 0 aromatic rings. The van der Waals surface area contributed by atoms with Crippen LogP contribution >= 0.6 is 0 Å². The summed E-state index contributed by atoms with van der Waals surface area (Å²) in [6.07, 6.45) is 16.4. The molecule has 0 amide bonds. The number of nitrogens with zero attached hydrogens (tertiary/aromatic N) is 1. The van der Waals surface area contributed by atoms with Crippen molar-refractivity contribution in [2.24, 2.45) is 0 Å². The molecule has 0 radical (unpaired) electrons. The molecular weight excluding hydrogens is 366 g/mol. The summed E-state index contributed by atoms with van der Waals surface area (Å²) in [6, 6.07) is 0. The van der Waals surface area contributed by atoms with Crippen molar-refractivity contribution in [3.05, 3.63) is 12.7 Å². The highest BCUT2D eigenvalue weighted by atomic mass is 79.9. The van der Waals surface area contributed by atoms with E-state index in [4.69, 9.17) is 4.74 Å². The van der Waals surface area contributed by atoms with E-state index in [1.165, 1.54) is 76.7 Å². The number of rotatable bonds is 16. The van der Waals surface area contributed by atoms with Crippen LogP contribution in [0.4, 0.5) is 0 Å². The molecule has 0 rings (SSSR count). The Morgan fingerprint density at radius 2 is 1.33 bits per heavy atom.